The lowest BCUT2D eigenvalue weighted by molar-refractivity contribution is -0.145. The molecule has 0 saturated carbocycles. The van der Waals surface area contributed by atoms with E-state index in [1.165, 1.54) is 0 Å². The van der Waals surface area contributed by atoms with E-state index >= 15 is 0 Å². The molecule has 0 aromatic carbocycles. The van der Waals surface area contributed by atoms with Crippen LogP contribution < -0.4 is 11.1 Å². The minimum Gasteiger partial charge on any atom is -0.481 e. The second-order valence-corrected chi connectivity index (χ2v) is 4.15. The van der Waals surface area contributed by atoms with Crippen LogP contribution in [0, 0.1) is 0 Å². The molecule has 19 heavy (non-hydrogen) atoms. The lowest BCUT2D eigenvalue weighted by Gasteiger charge is -2.37. The Morgan fingerprint density at radius 3 is 1.84 bits per heavy atom. The van der Waals surface area contributed by atoms with Crippen LogP contribution in [0.1, 0.15) is 19.3 Å². The van der Waals surface area contributed by atoms with Crippen molar-refractivity contribution in [2.75, 3.05) is 13.2 Å². The fourth-order valence-corrected chi connectivity index (χ4v) is 1.81. The molecular formula is C10H18N2O7. The predicted molar refractivity (Wildman–Crippen MR) is 62.6 cm³/mol. The molecule has 0 rings (SSSR count). The smallest absolute Gasteiger partial charge is 0.305 e. The number of nitrogens with one attached hydrogen (secondary N) is 1. The molecule has 1 unspecified atom stereocenters. The van der Waals surface area contributed by atoms with Crippen molar-refractivity contribution in [1.82, 2.24) is 5.32 Å². The van der Waals surface area contributed by atoms with Crippen molar-refractivity contribution in [3.8, 4) is 0 Å². The molecular weight excluding hydrogens is 260 g/mol. The summed E-state index contributed by atoms with van der Waals surface area (Å²) in [6.07, 6.45) is -1.90. The van der Waals surface area contributed by atoms with Gasteiger partial charge in [-0.05, 0) is 0 Å². The normalized spacial score (nSPS) is 12.9. The van der Waals surface area contributed by atoms with E-state index in [9.17, 15) is 14.4 Å². The first-order valence-electron chi connectivity index (χ1n) is 5.50. The van der Waals surface area contributed by atoms with Gasteiger partial charge in [0.2, 0.25) is 0 Å². The quantitative estimate of drug-likeness (QED) is 0.266. The Kier molecular flexibility index (Phi) is 6.98. The van der Waals surface area contributed by atoms with Crippen molar-refractivity contribution in [3.63, 3.8) is 0 Å². The lowest BCUT2D eigenvalue weighted by atomic mass is 9.82. The van der Waals surface area contributed by atoms with E-state index in [0.29, 0.717) is 0 Å². The zero-order chi connectivity index (χ0) is 15.1. The molecule has 9 heteroatoms. The van der Waals surface area contributed by atoms with Gasteiger partial charge in [0.1, 0.15) is 0 Å². The van der Waals surface area contributed by atoms with Gasteiger partial charge >= 0.3 is 17.9 Å². The summed E-state index contributed by atoms with van der Waals surface area (Å²) in [4.78, 5) is 32.4. The molecule has 0 fully saturated rings. The lowest BCUT2D eigenvalue weighted by Crippen LogP contribution is -2.61. The number of carboxylic acid groups (broad SMARTS) is 3. The molecule has 9 nitrogen and oxygen atoms in total. The Hall–Kier alpha value is -1.71. The fraction of sp³-hybridized carbons (Fsp3) is 0.700. The summed E-state index contributed by atoms with van der Waals surface area (Å²) in [6.45, 7) is -0.450. The molecule has 0 aromatic rings. The van der Waals surface area contributed by atoms with Gasteiger partial charge in [-0.25, -0.2) is 0 Å². The molecule has 0 saturated heterocycles. The second kappa shape index (κ2) is 7.67. The van der Waals surface area contributed by atoms with E-state index in [-0.39, 0.29) is 13.2 Å². The van der Waals surface area contributed by atoms with Crippen LogP contribution in [-0.2, 0) is 14.4 Å². The standard InChI is InChI=1S/C10H18N2O7/c11-6(3-7(14)15)10(4-8(16)17,5-9(18)19)12-1-2-13/h6,12-13H,1-5,11H2,(H,14,15)(H,16,17)(H,18,19). The number of aliphatic hydroxyl groups excluding tert-OH is 1. The van der Waals surface area contributed by atoms with Gasteiger partial charge in [-0.2, -0.15) is 0 Å². The maximum Gasteiger partial charge on any atom is 0.305 e. The van der Waals surface area contributed by atoms with Crippen LogP contribution in [0.2, 0.25) is 0 Å². The number of hydrogen-bond donors (Lipinski definition) is 6. The number of carbonyl (C=O) groups is 3. The molecule has 0 aliphatic heterocycles. The number of aliphatic carboxylic acids is 3. The van der Waals surface area contributed by atoms with E-state index in [2.05, 4.69) is 5.32 Å². The highest BCUT2D eigenvalue weighted by molar-refractivity contribution is 5.74. The van der Waals surface area contributed by atoms with Gasteiger partial charge < -0.3 is 31.5 Å². The fourth-order valence-electron chi connectivity index (χ4n) is 1.81. The summed E-state index contributed by atoms with van der Waals surface area (Å²) < 4.78 is 0. The second-order valence-electron chi connectivity index (χ2n) is 4.15. The zero-order valence-electron chi connectivity index (χ0n) is 10.2. The van der Waals surface area contributed by atoms with Crippen molar-refractivity contribution >= 4 is 17.9 Å². The Morgan fingerprint density at radius 2 is 1.53 bits per heavy atom. The van der Waals surface area contributed by atoms with Crippen LogP contribution >= 0.6 is 0 Å². The van der Waals surface area contributed by atoms with Crippen LogP contribution in [-0.4, -0.2) is 63.1 Å². The van der Waals surface area contributed by atoms with Crippen LogP contribution in [0.25, 0.3) is 0 Å². The van der Waals surface area contributed by atoms with Gasteiger partial charge in [-0.3, -0.25) is 14.4 Å². The van der Waals surface area contributed by atoms with Crippen molar-refractivity contribution in [2.24, 2.45) is 5.73 Å². The van der Waals surface area contributed by atoms with Gasteiger partial charge in [0.25, 0.3) is 0 Å². The minimum atomic E-state index is -1.63. The van der Waals surface area contributed by atoms with Crippen molar-refractivity contribution in [1.29, 1.82) is 0 Å². The molecule has 1 atom stereocenters. The molecule has 0 aromatic heterocycles. The summed E-state index contributed by atoms with van der Waals surface area (Å²) >= 11 is 0. The first-order valence-corrected chi connectivity index (χ1v) is 5.50. The summed E-state index contributed by atoms with van der Waals surface area (Å²) in [5, 5.41) is 37.7. The molecule has 0 aliphatic carbocycles. The molecule has 0 aliphatic rings. The summed E-state index contributed by atoms with van der Waals surface area (Å²) in [5.41, 5.74) is 4.01. The number of nitrogens with two attached hydrogens (primary N) is 1. The van der Waals surface area contributed by atoms with E-state index in [0.717, 1.165) is 0 Å². The number of rotatable bonds is 10. The van der Waals surface area contributed by atoms with Gasteiger partial charge in [0.05, 0.1) is 31.4 Å². The third-order valence-electron chi connectivity index (χ3n) is 2.63. The van der Waals surface area contributed by atoms with Crippen molar-refractivity contribution in [2.45, 2.75) is 30.8 Å². The largest absolute Gasteiger partial charge is 0.481 e. The number of hydrogen-bond acceptors (Lipinski definition) is 6. The average Bonchev–Trinajstić information content (AvgIpc) is 2.23. The molecule has 0 bridgehead atoms. The molecule has 110 valence electrons. The van der Waals surface area contributed by atoms with E-state index in [1.807, 2.05) is 0 Å². The zero-order valence-corrected chi connectivity index (χ0v) is 10.2. The highest BCUT2D eigenvalue weighted by Gasteiger charge is 2.41. The molecule has 0 heterocycles. The van der Waals surface area contributed by atoms with Crippen LogP contribution in [0.3, 0.4) is 0 Å². The van der Waals surface area contributed by atoms with Gasteiger partial charge in [0.15, 0.2) is 0 Å². The van der Waals surface area contributed by atoms with Crippen LogP contribution in [0.15, 0.2) is 0 Å². The van der Waals surface area contributed by atoms with Crippen LogP contribution in [0.4, 0.5) is 0 Å². The van der Waals surface area contributed by atoms with E-state index in [4.69, 9.17) is 26.2 Å². The first kappa shape index (κ1) is 17.3. The first-order chi connectivity index (χ1) is 8.73. The summed E-state index contributed by atoms with van der Waals surface area (Å²) in [6, 6.07) is -1.22. The minimum absolute atomic E-state index is 0.0894. The Bertz CT molecular complexity index is 329. The average molecular weight is 278 g/mol. The SMILES string of the molecule is NC(CC(=O)O)C(CC(=O)O)(CC(=O)O)NCCO. The summed E-state index contributed by atoms with van der Waals surface area (Å²) in [5.74, 6) is -3.89. The molecule has 0 amide bonds. The number of β-amino-alcohol motifs (C(OH)–C–C–N with tert-alkyl or cyclic N) is 1. The van der Waals surface area contributed by atoms with E-state index < -0.39 is 48.8 Å². The predicted octanol–water partition coefficient (Wildman–Crippen LogP) is -1.94. The van der Waals surface area contributed by atoms with Crippen molar-refractivity contribution < 1.29 is 34.8 Å². The summed E-state index contributed by atoms with van der Waals surface area (Å²) in [7, 11) is 0. The Labute approximate surface area is 109 Å². The maximum absolute atomic E-state index is 10.9. The molecule has 0 spiro atoms. The highest BCUT2D eigenvalue weighted by Crippen LogP contribution is 2.22. The monoisotopic (exact) mass is 278 g/mol. The topological polar surface area (TPSA) is 170 Å². The molecule has 0 radical (unpaired) electrons. The Morgan fingerprint density at radius 1 is 1.05 bits per heavy atom. The Balaban J connectivity index is 5.23. The maximum atomic E-state index is 10.9. The third-order valence-corrected chi connectivity index (χ3v) is 2.63. The van der Waals surface area contributed by atoms with E-state index in [1.54, 1.807) is 0 Å². The van der Waals surface area contributed by atoms with Crippen LogP contribution in [0.5, 0.6) is 0 Å². The number of aliphatic hydroxyl groups is 1. The van der Waals surface area contributed by atoms with Gasteiger partial charge in [0, 0.05) is 12.6 Å². The molecule has 7 N–H and O–H groups in total. The van der Waals surface area contributed by atoms with Gasteiger partial charge in [-0.1, -0.05) is 0 Å². The highest BCUT2D eigenvalue weighted by atomic mass is 16.4. The van der Waals surface area contributed by atoms with Gasteiger partial charge in [-0.15, -0.1) is 0 Å². The van der Waals surface area contributed by atoms with Crippen molar-refractivity contribution in [3.05, 3.63) is 0 Å². The number of carboxylic acids is 3. The third kappa shape index (κ3) is 6.13.